The molecule has 0 fully saturated rings. The van der Waals surface area contributed by atoms with Crippen molar-refractivity contribution in [1.29, 1.82) is 0 Å². The lowest BCUT2D eigenvalue weighted by molar-refractivity contribution is 0.559. The molecule has 0 aliphatic carbocycles. The van der Waals surface area contributed by atoms with Gasteiger partial charge in [0.2, 0.25) is 0 Å². The van der Waals surface area contributed by atoms with E-state index in [1.54, 1.807) is 0 Å². The summed E-state index contributed by atoms with van der Waals surface area (Å²) in [7, 11) is 1.91. The highest BCUT2D eigenvalue weighted by Crippen LogP contribution is 2.35. The Labute approximate surface area is 131 Å². The Morgan fingerprint density at radius 2 is 2.10 bits per heavy atom. The van der Waals surface area contributed by atoms with Gasteiger partial charge in [0.15, 0.2) is 0 Å². The number of rotatable bonds is 3. The number of aromatic nitrogens is 1. The van der Waals surface area contributed by atoms with Crippen LogP contribution in [0.25, 0.3) is 0 Å². The second-order valence-corrected chi connectivity index (χ2v) is 6.08. The van der Waals surface area contributed by atoms with Gasteiger partial charge in [-0.25, -0.2) is 4.98 Å². The topological polar surface area (TPSA) is 28.2 Å². The van der Waals surface area contributed by atoms with Crippen molar-refractivity contribution in [3.63, 3.8) is 0 Å². The number of hydrogen-bond acceptors (Lipinski definition) is 3. The third kappa shape index (κ3) is 2.89. The molecule has 3 nitrogen and oxygen atoms in total. The summed E-state index contributed by atoms with van der Waals surface area (Å²) >= 11 is 6.22. The molecule has 0 saturated carbocycles. The summed E-state index contributed by atoms with van der Waals surface area (Å²) in [6.45, 7) is 3.95. The van der Waals surface area contributed by atoms with E-state index in [4.69, 9.17) is 16.6 Å². The second kappa shape index (κ2) is 6.04. The molecule has 2 heterocycles. The summed E-state index contributed by atoms with van der Waals surface area (Å²) in [5.74, 6) is 1.59. The summed E-state index contributed by atoms with van der Waals surface area (Å²) in [6.07, 6.45) is 1.13. The van der Waals surface area contributed by atoms with Gasteiger partial charge in [0.05, 0.1) is 10.7 Å². The SMILES string of the molecule is CNCc1nc(N2CC(C)Cc3ccccc32)ccc1Cl. The van der Waals surface area contributed by atoms with Gasteiger partial charge in [0.25, 0.3) is 0 Å². The van der Waals surface area contributed by atoms with E-state index in [1.807, 2.05) is 19.2 Å². The molecule has 1 aliphatic heterocycles. The molecule has 3 rings (SSSR count). The van der Waals surface area contributed by atoms with Crippen LogP contribution >= 0.6 is 11.6 Å². The van der Waals surface area contributed by atoms with Gasteiger partial charge in [-0.2, -0.15) is 0 Å². The third-order valence-electron chi connectivity index (χ3n) is 3.87. The Bertz CT molecular complexity index is 642. The van der Waals surface area contributed by atoms with Crippen LogP contribution in [0.2, 0.25) is 5.02 Å². The predicted molar refractivity (Wildman–Crippen MR) is 88.3 cm³/mol. The number of nitrogens with zero attached hydrogens (tertiary/aromatic N) is 2. The van der Waals surface area contributed by atoms with Gasteiger partial charge >= 0.3 is 0 Å². The Kier molecular flexibility index (Phi) is 4.13. The molecule has 0 amide bonds. The monoisotopic (exact) mass is 301 g/mol. The quantitative estimate of drug-likeness (QED) is 0.935. The van der Waals surface area contributed by atoms with Crippen LogP contribution in [-0.2, 0) is 13.0 Å². The van der Waals surface area contributed by atoms with E-state index in [1.165, 1.54) is 11.3 Å². The first-order valence-corrected chi connectivity index (χ1v) is 7.72. The molecule has 0 radical (unpaired) electrons. The Morgan fingerprint density at radius 1 is 1.29 bits per heavy atom. The van der Waals surface area contributed by atoms with Crippen LogP contribution in [0.1, 0.15) is 18.2 Å². The number of fused-ring (bicyclic) bond motifs is 1. The van der Waals surface area contributed by atoms with Gasteiger partial charge in [0, 0.05) is 18.8 Å². The van der Waals surface area contributed by atoms with E-state index in [9.17, 15) is 0 Å². The lowest BCUT2D eigenvalue weighted by Crippen LogP contribution is -2.31. The number of anilines is 2. The molecule has 21 heavy (non-hydrogen) atoms. The molecule has 1 unspecified atom stereocenters. The van der Waals surface area contributed by atoms with Crippen molar-refractivity contribution in [3.05, 3.63) is 52.7 Å². The van der Waals surface area contributed by atoms with Gasteiger partial charge < -0.3 is 10.2 Å². The fourth-order valence-corrected chi connectivity index (χ4v) is 3.10. The van der Waals surface area contributed by atoms with Crippen LogP contribution in [0.3, 0.4) is 0 Å². The maximum atomic E-state index is 6.22. The first-order chi connectivity index (χ1) is 10.2. The predicted octanol–water partition coefficient (Wildman–Crippen LogP) is 3.78. The maximum absolute atomic E-state index is 6.22. The van der Waals surface area contributed by atoms with Crippen LogP contribution < -0.4 is 10.2 Å². The normalized spacial score (nSPS) is 17.7. The summed E-state index contributed by atoms with van der Waals surface area (Å²) in [6, 6.07) is 12.5. The average molecular weight is 302 g/mol. The maximum Gasteiger partial charge on any atom is 0.133 e. The minimum Gasteiger partial charge on any atom is -0.326 e. The molecule has 1 aromatic carbocycles. The van der Waals surface area contributed by atoms with Crippen molar-refractivity contribution in [1.82, 2.24) is 10.3 Å². The standard InChI is InChI=1S/C17H20ClN3/c1-12-9-13-5-3-4-6-16(13)21(11-12)17-8-7-14(18)15(20-17)10-19-2/h3-8,12,19H,9-11H2,1-2H3. The number of para-hydroxylation sites is 1. The lowest BCUT2D eigenvalue weighted by atomic mass is 9.94. The van der Waals surface area contributed by atoms with Crippen molar-refractivity contribution in [3.8, 4) is 0 Å². The first-order valence-electron chi connectivity index (χ1n) is 7.34. The zero-order valence-electron chi connectivity index (χ0n) is 12.4. The summed E-state index contributed by atoms with van der Waals surface area (Å²) in [5, 5.41) is 3.83. The van der Waals surface area contributed by atoms with Crippen LogP contribution in [0.5, 0.6) is 0 Å². The Balaban J connectivity index is 2.02. The van der Waals surface area contributed by atoms with E-state index in [0.29, 0.717) is 17.5 Å². The van der Waals surface area contributed by atoms with Crippen molar-refractivity contribution < 1.29 is 0 Å². The highest BCUT2D eigenvalue weighted by atomic mass is 35.5. The molecule has 1 atom stereocenters. The number of hydrogen-bond donors (Lipinski definition) is 1. The van der Waals surface area contributed by atoms with E-state index < -0.39 is 0 Å². The third-order valence-corrected chi connectivity index (χ3v) is 4.21. The molecule has 4 heteroatoms. The van der Waals surface area contributed by atoms with Crippen LogP contribution in [0.4, 0.5) is 11.5 Å². The molecule has 0 saturated heterocycles. The van der Waals surface area contributed by atoms with Crippen molar-refractivity contribution in [2.24, 2.45) is 5.92 Å². The molecule has 1 N–H and O–H groups in total. The number of benzene rings is 1. The number of nitrogens with one attached hydrogen (secondary N) is 1. The molecule has 110 valence electrons. The van der Waals surface area contributed by atoms with E-state index in [-0.39, 0.29) is 0 Å². The summed E-state index contributed by atoms with van der Waals surface area (Å²) < 4.78 is 0. The van der Waals surface area contributed by atoms with Crippen molar-refractivity contribution in [2.45, 2.75) is 19.9 Å². The molecule has 2 aromatic rings. The van der Waals surface area contributed by atoms with Crippen LogP contribution in [-0.4, -0.2) is 18.6 Å². The van der Waals surface area contributed by atoms with Crippen molar-refractivity contribution >= 4 is 23.1 Å². The van der Waals surface area contributed by atoms with Crippen LogP contribution in [0, 0.1) is 5.92 Å². The summed E-state index contributed by atoms with van der Waals surface area (Å²) in [5.41, 5.74) is 3.55. The lowest BCUT2D eigenvalue weighted by Gasteiger charge is -2.34. The molecule has 0 bridgehead atoms. The molecular formula is C17H20ClN3. The van der Waals surface area contributed by atoms with Crippen LogP contribution in [0.15, 0.2) is 36.4 Å². The Hall–Kier alpha value is -1.58. The number of halogens is 1. The van der Waals surface area contributed by atoms with Gasteiger partial charge in [-0.1, -0.05) is 36.7 Å². The van der Waals surface area contributed by atoms with E-state index in [0.717, 1.165) is 24.5 Å². The molecule has 0 spiro atoms. The summed E-state index contributed by atoms with van der Waals surface area (Å²) in [4.78, 5) is 7.06. The fourth-order valence-electron chi connectivity index (χ4n) is 2.93. The fraction of sp³-hybridized carbons (Fsp3) is 0.353. The smallest absolute Gasteiger partial charge is 0.133 e. The van der Waals surface area contributed by atoms with Gasteiger partial charge in [-0.3, -0.25) is 0 Å². The van der Waals surface area contributed by atoms with Gasteiger partial charge in [-0.15, -0.1) is 0 Å². The molecular weight excluding hydrogens is 282 g/mol. The van der Waals surface area contributed by atoms with Gasteiger partial charge in [0.1, 0.15) is 5.82 Å². The Morgan fingerprint density at radius 3 is 2.90 bits per heavy atom. The number of pyridine rings is 1. The zero-order valence-corrected chi connectivity index (χ0v) is 13.2. The second-order valence-electron chi connectivity index (χ2n) is 5.68. The molecule has 1 aromatic heterocycles. The largest absolute Gasteiger partial charge is 0.326 e. The first kappa shape index (κ1) is 14.4. The minimum absolute atomic E-state index is 0.616. The van der Waals surface area contributed by atoms with E-state index >= 15 is 0 Å². The highest BCUT2D eigenvalue weighted by Gasteiger charge is 2.23. The molecule has 1 aliphatic rings. The van der Waals surface area contributed by atoms with Gasteiger partial charge in [-0.05, 0) is 43.1 Å². The van der Waals surface area contributed by atoms with E-state index in [2.05, 4.69) is 41.4 Å². The minimum atomic E-state index is 0.616. The van der Waals surface area contributed by atoms with Crippen molar-refractivity contribution in [2.75, 3.05) is 18.5 Å². The highest BCUT2D eigenvalue weighted by molar-refractivity contribution is 6.31. The zero-order chi connectivity index (χ0) is 14.8. The average Bonchev–Trinajstić information content (AvgIpc) is 2.49.